The zero-order chi connectivity index (χ0) is 25.7. The van der Waals surface area contributed by atoms with Crippen molar-refractivity contribution in [3.05, 3.63) is 67.8 Å². The number of amides is 1. The molecular formula is C28H32N4O2S2. The lowest BCUT2D eigenvalue weighted by Gasteiger charge is -2.29. The second-order valence-corrected chi connectivity index (χ2v) is 11.0. The molecule has 8 heteroatoms. The van der Waals surface area contributed by atoms with Gasteiger partial charge in [0, 0.05) is 24.7 Å². The molecule has 0 spiro atoms. The number of thioether (sulfide) groups is 1. The quantitative estimate of drug-likeness (QED) is 0.359. The molecule has 1 amide bonds. The Bertz CT molecular complexity index is 1270. The van der Waals surface area contributed by atoms with Crippen molar-refractivity contribution in [2.24, 2.45) is 0 Å². The zero-order valence-corrected chi connectivity index (χ0v) is 22.5. The van der Waals surface area contributed by atoms with Gasteiger partial charge in [0.05, 0.1) is 4.91 Å². The Morgan fingerprint density at radius 2 is 1.92 bits per heavy atom. The Balaban J connectivity index is 1.73. The Labute approximate surface area is 222 Å². The highest BCUT2D eigenvalue weighted by molar-refractivity contribution is 8.26. The summed E-state index contributed by atoms with van der Waals surface area (Å²) in [5.74, 6) is 0.579. The monoisotopic (exact) mass is 520 g/mol. The molecule has 2 aliphatic rings. The van der Waals surface area contributed by atoms with Gasteiger partial charge in [-0.2, -0.15) is 5.26 Å². The highest BCUT2D eigenvalue weighted by Gasteiger charge is 2.37. The summed E-state index contributed by atoms with van der Waals surface area (Å²) in [6, 6.07) is 12.4. The van der Waals surface area contributed by atoms with E-state index in [1.165, 1.54) is 23.7 Å². The van der Waals surface area contributed by atoms with Crippen molar-refractivity contribution in [3.8, 4) is 6.07 Å². The van der Waals surface area contributed by atoms with Crippen LogP contribution in [0.3, 0.4) is 0 Å². The SMILES string of the molecule is CCCn1c(NCCc2ccccc2)c(/C=C2/SC(=S)N(C3CCCCC3)C2=O)c(C)c(C#N)c1=O. The summed E-state index contributed by atoms with van der Waals surface area (Å²) in [6.45, 7) is 4.88. The van der Waals surface area contributed by atoms with Crippen LogP contribution in [0.25, 0.3) is 6.08 Å². The molecule has 36 heavy (non-hydrogen) atoms. The van der Waals surface area contributed by atoms with Crippen LogP contribution in [0.1, 0.15) is 67.7 Å². The summed E-state index contributed by atoms with van der Waals surface area (Å²) in [7, 11) is 0. The van der Waals surface area contributed by atoms with Gasteiger partial charge in [-0.3, -0.25) is 19.1 Å². The highest BCUT2D eigenvalue weighted by Crippen LogP contribution is 2.38. The lowest BCUT2D eigenvalue weighted by molar-refractivity contribution is -0.124. The van der Waals surface area contributed by atoms with Gasteiger partial charge in [0.15, 0.2) is 0 Å². The Morgan fingerprint density at radius 3 is 2.58 bits per heavy atom. The number of carbonyl (C=O) groups excluding carboxylic acids is 1. The topological polar surface area (TPSA) is 78.1 Å². The largest absolute Gasteiger partial charge is 0.371 e. The normalized spacial score (nSPS) is 17.6. The third-order valence-corrected chi connectivity index (χ3v) is 8.24. The number of benzene rings is 1. The number of hydrogen-bond donors (Lipinski definition) is 1. The van der Waals surface area contributed by atoms with Gasteiger partial charge in [-0.1, -0.05) is 80.5 Å². The van der Waals surface area contributed by atoms with E-state index in [1.54, 1.807) is 16.4 Å². The highest BCUT2D eigenvalue weighted by atomic mass is 32.2. The molecule has 0 bridgehead atoms. The van der Waals surface area contributed by atoms with Gasteiger partial charge in [0.25, 0.3) is 11.5 Å². The van der Waals surface area contributed by atoms with Crippen LogP contribution in [-0.4, -0.2) is 32.3 Å². The molecule has 1 saturated heterocycles. The third-order valence-electron chi connectivity index (χ3n) is 6.91. The molecular weight excluding hydrogens is 488 g/mol. The first kappa shape index (κ1) is 26.2. The summed E-state index contributed by atoms with van der Waals surface area (Å²) < 4.78 is 2.24. The van der Waals surface area contributed by atoms with E-state index in [-0.39, 0.29) is 23.1 Å². The summed E-state index contributed by atoms with van der Waals surface area (Å²) in [4.78, 5) is 29.0. The van der Waals surface area contributed by atoms with E-state index < -0.39 is 0 Å². The first-order valence-electron chi connectivity index (χ1n) is 12.7. The average Bonchev–Trinajstić information content (AvgIpc) is 3.17. The van der Waals surface area contributed by atoms with Crippen molar-refractivity contribution in [1.82, 2.24) is 9.47 Å². The predicted molar refractivity (Wildman–Crippen MR) is 151 cm³/mol. The molecule has 2 heterocycles. The summed E-state index contributed by atoms with van der Waals surface area (Å²) in [5, 5.41) is 13.3. The number of thiocarbonyl (C=S) groups is 1. The molecule has 2 fully saturated rings. The molecule has 1 N–H and O–H groups in total. The first-order chi connectivity index (χ1) is 17.5. The summed E-state index contributed by atoms with van der Waals surface area (Å²) >= 11 is 6.94. The van der Waals surface area contributed by atoms with Crippen molar-refractivity contribution >= 4 is 46.1 Å². The van der Waals surface area contributed by atoms with Crippen molar-refractivity contribution in [1.29, 1.82) is 5.26 Å². The van der Waals surface area contributed by atoms with Crippen LogP contribution >= 0.6 is 24.0 Å². The predicted octanol–water partition coefficient (Wildman–Crippen LogP) is 5.63. The minimum absolute atomic E-state index is 0.0710. The van der Waals surface area contributed by atoms with E-state index in [0.29, 0.717) is 39.3 Å². The number of aromatic nitrogens is 1. The fraction of sp³-hybridized carbons (Fsp3) is 0.429. The molecule has 1 aliphatic heterocycles. The second-order valence-electron chi connectivity index (χ2n) is 9.34. The Hall–Kier alpha value is -2.89. The van der Waals surface area contributed by atoms with E-state index in [2.05, 4.69) is 23.5 Å². The molecule has 4 rings (SSSR count). The van der Waals surface area contributed by atoms with Crippen LogP contribution in [0.15, 0.2) is 40.0 Å². The number of carbonyl (C=O) groups is 1. The van der Waals surface area contributed by atoms with Gasteiger partial charge >= 0.3 is 0 Å². The van der Waals surface area contributed by atoms with Crippen molar-refractivity contribution in [2.45, 2.75) is 71.4 Å². The molecule has 188 valence electrons. The van der Waals surface area contributed by atoms with Gasteiger partial charge in [0.2, 0.25) is 0 Å². The lowest BCUT2D eigenvalue weighted by atomic mass is 9.94. The van der Waals surface area contributed by atoms with E-state index in [0.717, 1.165) is 38.5 Å². The molecule has 0 radical (unpaired) electrons. The van der Waals surface area contributed by atoms with E-state index >= 15 is 0 Å². The van der Waals surface area contributed by atoms with Crippen LogP contribution in [0.5, 0.6) is 0 Å². The van der Waals surface area contributed by atoms with Crippen LogP contribution in [0.4, 0.5) is 5.82 Å². The lowest BCUT2D eigenvalue weighted by Crippen LogP contribution is -2.39. The molecule has 0 unspecified atom stereocenters. The molecule has 1 aromatic carbocycles. The smallest absolute Gasteiger partial charge is 0.270 e. The minimum atomic E-state index is -0.300. The van der Waals surface area contributed by atoms with Gasteiger partial charge in [-0.05, 0) is 49.8 Å². The Morgan fingerprint density at radius 1 is 1.19 bits per heavy atom. The van der Waals surface area contributed by atoms with Gasteiger partial charge in [0.1, 0.15) is 21.8 Å². The van der Waals surface area contributed by atoms with Gasteiger partial charge < -0.3 is 5.32 Å². The maximum absolute atomic E-state index is 13.5. The number of rotatable bonds is 8. The number of nitrogens with one attached hydrogen (secondary N) is 1. The van der Waals surface area contributed by atoms with Crippen LogP contribution in [0, 0.1) is 18.3 Å². The van der Waals surface area contributed by atoms with Crippen molar-refractivity contribution in [2.75, 3.05) is 11.9 Å². The average molecular weight is 521 g/mol. The van der Waals surface area contributed by atoms with E-state index in [1.807, 2.05) is 31.2 Å². The number of hydrogen-bond acceptors (Lipinski definition) is 6. The fourth-order valence-corrected chi connectivity index (χ4v) is 6.41. The number of nitrogens with zero attached hydrogens (tertiary/aromatic N) is 3. The van der Waals surface area contributed by atoms with Crippen LogP contribution in [-0.2, 0) is 17.8 Å². The van der Waals surface area contributed by atoms with Crippen LogP contribution in [0.2, 0.25) is 0 Å². The molecule has 6 nitrogen and oxygen atoms in total. The van der Waals surface area contributed by atoms with Gasteiger partial charge in [-0.25, -0.2) is 0 Å². The zero-order valence-electron chi connectivity index (χ0n) is 20.9. The number of pyridine rings is 1. The van der Waals surface area contributed by atoms with Gasteiger partial charge in [-0.15, -0.1) is 0 Å². The number of anilines is 1. The maximum atomic E-state index is 13.5. The van der Waals surface area contributed by atoms with Crippen LogP contribution < -0.4 is 10.9 Å². The van der Waals surface area contributed by atoms with Crippen molar-refractivity contribution < 1.29 is 4.79 Å². The van der Waals surface area contributed by atoms with E-state index in [4.69, 9.17) is 12.2 Å². The first-order valence-corrected chi connectivity index (χ1v) is 13.9. The van der Waals surface area contributed by atoms with E-state index in [9.17, 15) is 14.9 Å². The fourth-order valence-electron chi connectivity index (χ4n) is 5.03. The molecule has 1 saturated carbocycles. The molecule has 1 aromatic heterocycles. The third kappa shape index (κ3) is 5.42. The molecule has 1 aliphatic carbocycles. The minimum Gasteiger partial charge on any atom is -0.371 e. The maximum Gasteiger partial charge on any atom is 0.270 e. The summed E-state index contributed by atoms with van der Waals surface area (Å²) in [6.07, 6.45) is 8.73. The van der Waals surface area contributed by atoms with Crippen molar-refractivity contribution in [3.63, 3.8) is 0 Å². The number of nitriles is 1. The Kier molecular flexibility index (Phi) is 8.65. The summed E-state index contributed by atoms with van der Waals surface area (Å²) in [5.41, 5.74) is 2.29. The second kappa shape index (κ2) is 11.9. The molecule has 2 aromatic rings. The molecule has 0 atom stereocenters. The standard InChI is InChI=1S/C28H32N4O2S2/c1-3-16-31-25(30-15-14-20-10-6-4-7-11-20)22(19(2)23(18-29)26(31)33)17-24-27(34)32(28(35)36-24)21-12-8-5-9-13-21/h4,6-7,10-11,17,21,30H,3,5,8-9,12-16H2,1-2H3/b24-17+.